The molecule has 0 unspecified atom stereocenters. The third-order valence-electron chi connectivity index (χ3n) is 9.66. The van der Waals surface area contributed by atoms with Crippen molar-refractivity contribution in [2.75, 3.05) is 4.90 Å². The molecule has 0 radical (unpaired) electrons. The van der Waals surface area contributed by atoms with Gasteiger partial charge < -0.3 is 9.32 Å². The summed E-state index contributed by atoms with van der Waals surface area (Å²) in [5.41, 5.74) is 9.86. The molecule has 2 heterocycles. The summed E-state index contributed by atoms with van der Waals surface area (Å²) in [6.45, 7) is 0. The molecule has 2 nitrogen and oxygen atoms in total. The van der Waals surface area contributed by atoms with E-state index in [0.29, 0.717) is 0 Å². The van der Waals surface area contributed by atoms with E-state index in [9.17, 15) is 0 Å². The van der Waals surface area contributed by atoms with Crippen molar-refractivity contribution in [3.05, 3.63) is 176 Å². The monoisotopic (exact) mass is 643 g/mol. The highest BCUT2D eigenvalue weighted by Gasteiger charge is 2.24. The standard InChI is InChI=1S/C46H29NOS/c1-2-17-33-30(13-1)14-10-21-34(33)31-15-9-16-32(29-31)35-18-3-6-22-38(35)47(39-23-11-26-42-45(39)36-19-4-7-25-41(36)48-42)40-24-12-28-44-46(40)37-20-5-8-27-43(37)49-44/h1-29H. The molecule has 8 aromatic carbocycles. The Labute approximate surface area is 287 Å². The zero-order valence-corrected chi connectivity index (χ0v) is 27.3. The SMILES string of the molecule is c1cc(-c2ccccc2N(c2cccc3oc4ccccc4c23)c2cccc3sc4ccccc4c23)cc(-c2cccc3ccccc23)c1. The van der Waals surface area contributed by atoms with Gasteiger partial charge in [0.1, 0.15) is 11.2 Å². The molecule has 10 aromatic rings. The quantitative estimate of drug-likeness (QED) is 0.186. The topological polar surface area (TPSA) is 16.4 Å². The van der Waals surface area contributed by atoms with E-state index >= 15 is 0 Å². The van der Waals surface area contributed by atoms with Crippen molar-refractivity contribution in [2.45, 2.75) is 0 Å². The van der Waals surface area contributed by atoms with Crippen LogP contribution in [0.1, 0.15) is 0 Å². The van der Waals surface area contributed by atoms with E-state index < -0.39 is 0 Å². The Kier molecular flexibility index (Phi) is 6.39. The van der Waals surface area contributed by atoms with E-state index in [1.54, 1.807) is 0 Å². The molecule has 0 aliphatic heterocycles. The number of benzene rings is 8. The van der Waals surface area contributed by atoms with Gasteiger partial charge in [0, 0.05) is 31.1 Å². The number of para-hydroxylation sites is 2. The fourth-order valence-corrected chi connectivity index (χ4v) is 8.64. The van der Waals surface area contributed by atoms with Gasteiger partial charge in [-0.2, -0.15) is 0 Å². The van der Waals surface area contributed by atoms with Crippen molar-refractivity contribution in [1.82, 2.24) is 0 Å². The molecule has 0 aliphatic rings. The van der Waals surface area contributed by atoms with Crippen molar-refractivity contribution < 1.29 is 4.42 Å². The summed E-state index contributed by atoms with van der Waals surface area (Å²) in [5.74, 6) is 0. The minimum Gasteiger partial charge on any atom is -0.456 e. The molecule has 0 aliphatic carbocycles. The Morgan fingerprint density at radius 1 is 0.388 bits per heavy atom. The number of nitrogens with zero attached hydrogens (tertiary/aromatic N) is 1. The van der Waals surface area contributed by atoms with Gasteiger partial charge in [0.05, 0.1) is 22.4 Å². The maximum Gasteiger partial charge on any atom is 0.137 e. The number of anilines is 3. The molecule has 0 atom stereocenters. The number of fused-ring (bicyclic) bond motifs is 7. The van der Waals surface area contributed by atoms with Gasteiger partial charge in [-0.05, 0) is 76.0 Å². The minimum absolute atomic E-state index is 0.876. The summed E-state index contributed by atoms with van der Waals surface area (Å²) in [5, 5.41) is 7.24. The second kappa shape index (κ2) is 11.2. The van der Waals surface area contributed by atoms with Gasteiger partial charge >= 0.3 is 0 Å². The van der Waals surface area contributed by atoms with Gasteiger partial charge in [0.25, 0.3) is 0 Å². The van der Waals surface area contributed by atoms with Crippen molar-refractivity contribution in [3.63, 3.8) is 0 Å². The molecular weight excluding hydrogens is 615 g/mol. The van der Waals surface area contributed by atoms with Gasteiger partial charge in [-0.25, -0.2) is 0 Å². The summed E-state index contributed by atoms with van der Waals surface area (Å²) in [6, 6.07) is 63.3. The summed E-state index contributed by atoms with van der Waals surface area (Å²) in [6.07, 6.45) is 0. The van der Waals surface area contributed by atoms with E-state index in [1.165, 1.54) is 42.1 Å². The van der Waals surface area contributed by atoms with E-state index in [1.807, 2.05) is 17.4 Å². The summed E-state index contributed by atoms with van der Waals surface area (Å²) >= 11 is 1.85. The smallest absolute Gasteiger partial charge is 0.137 e. The predicted octanol–water partition coefficient (Wildman–Crippen LogP) is 13.9. The lowest BCUT2D eigenvalue weighted by Gasteiger charge is -2.29. The van der Waals surface area contributed by atoms with Gasteiger partial charge in [-0.15, -0.1) is 11.3 Å². The van der Waals surface area contributed by atoms with Crippen LogP contribution in [-0.2, 0) is 0 Å². The van der Waals surface area contributed by atoms with E-state index in [2.05, 4.69) is 175 Å². The lowest BCUT2D eigenvalue weighted by atomic mass is 9.94. The Morgan fingerprint density at radius 3 is 1.88 bits per heavy atom. The predicted molar refractivity (Wildman–Crippen MR) is 210 cm³/mol. The Bertz CT molecular complexity index is 2740. The van der Waals surface area contributed by atoms with Crippen LogP contribution in [0.25, 0.3) is 75.1 Å². The minimum atomic E-state index is 0.876. The first-order chi connectivity index (χ1) is 24.3. The molecule has 230 valence electrons. The van der Waals surface area contributed by atoms with Gasteiger partial charge in [-0.1, -0.05) is 127 Å². The maximum atomic E-state index is 6.45. The van der Waals surface area contributed by atoms with Crippen LogP contribution in [0, 0.1) is 0 Å². The van der Waals surface area contributed by atoms with Gasteiger partial charge in [0.2, 0.25) is 0 Å². The van der Waals surface area contributed by atoms with Crippen LogP contribution in [-0.4, -0.2) is 0 Å². The van der Waals surface area contributed by atoms with Crippen molar-refractivity contribution >= 4 is 81.3 Å². The number of furan rings is 1. The van der Waals surface area contributed by atoms with Crippen molar-refractivity contribution in [2.24, 2.45) is 0 Å². The molecular formula is C46H29NOS. The fraction of sp³-hybridized carbons (Fsp3) is 0. The van der Waals surface area contributed by atoms with Gasteiger partial charge in [-0.3, -0.25) is 0 Å². The third kappa shape index (κ3) is 4.47. The number of hydrogen-bond donors (Lipinski definition) is 0. The van der Waals surface area contributed by atoms with Crippen molar-refractivity contribution in [3.8, 4) is 22.3 Å². The lowest BCUT2D eigenvalue weighted by molar-refractivity contribution is 0.669. The van der Waals surface area contributed by atoms with E-state index in [4.69, 9.17) is 4.42 Å². The first-order valence-electron chi connectivity index (χ1n) is 16.6. The molecule has 0 fully saturated rings. The molecule has 2 aromatic heterocycles. The van der Waals surface area contributed by atoms with Crippen LogP contribution in [0.15, 0.2) is 180 Å². The molecule has 0 saturated heterocycles. The highest BCUT2D eigenvalue weighted by atomic mass is 32.1. The average Bonchev–Trinajstić information content (AvgIpc) is 3.74. The molecule has 0 amide bonds. The van der Waals surface area contributed by atoms with Crippen LogP contribution >= 0.6 is 11.3 Å². The highest BCUT2D eigenvalue weighted by molar-refractivity contribution is 7.26. The van der Waals surface area contributed by atoms with Gasteiger partial charge in [0.15, 0.2) is 0 Å². The van der Waals surface area contributed by atoms with Crippen LogP contribution < -0.4 is 4.90 Å². The van der Waals surface area contributed by atoms with Crippen LogP contribution in [0.2, 0.25) is 0 Å². The highest BCUT2D eigenvalue weighted by Crippen LogP contribution is 2.50. The number of hydrogen-bond acceptors (Lipinski definition) is 3. The first kappa shape index (κ1) is 27.9. The zero-order chi connectivity index (χ0) is 32.3. The molecule has 0 N–H and O–H groups in total. The number of thiophene rings is 1. The summed E-state index contributed by atoms with van der Waals surface area (Å²) in [7, 11) is 0. The Hall–Kier alpha value is -6.16. The Morgan fingerprint density at radius 2 is 0.959 bits per heavy atom. The molecule has 3 heteroatoms. The second-order valence-electron chi connectivity index (χ2n) is 12.5. The first-order valence-corrected chi connectivity index (χ1v) is 17.4. The summed E-state index contributed by atoms with van der Waals surface area (Å²) in [4.78, 5) is 2.46. The zero-order valence-electron chi connectivity index (χ0n) is 26.5. The second-order valence-corrected chi connectivity index (χ2v) is 13.5. The van der Waals surface area contributed by atoms with Crippen molar-refractivity contribution in [1.29, 1.82) is 0 Å². The molecule has 10 rings (SSSR count). The average molecular weight is 644 g/mol. The van der Waals surface area contributed by atoms with E-state index in [-0.39, 0.29) is 0 Å². The largest absolute Gasteiger partial charge is 0.456 e. The Balaban J connectivity index is 1.27. The molecule has 0 spiro atoms. The number of rotatable bonds is 5. The lowest BCUT2D eigenvalue weighted by Crippen LogP contribution is -2.12. The van der Waals surface area contributed by atoms with Crippen LogP contribution in [0.5, 0.6) is 0 Å². The normalized spacial score (nSPS) is 11.7. The summed E-state index contributed by atoms with van der Waals surface area (Å²) < 4.78 is 9.00. The van der Waals surface area contributed by atoms with E-state index in [0.717, 1.165) is 50.1 Å². The third-order valence-corrected chi connectivity index (χ3v) is 10.8. The molecule has 0 bridgehead atoms. The van der Waals surface area contributed by atoms with Crippen LogP contribution in [0.3, 0.4) is 0 Å². The molecule has 0 saturated carbocycles. The molecule has 49 heavy (non-hydrogen) atoms. The fourth-order valence-electron chi connectivity index (χ4n) is 7.52. The van der Waals surface area contributed by atoms with Crippen LogP contribution in [0.4, 0.5) is 17.1 Å². The maximum absolute atomic E-state index is 6.45.